The molecule has 0 spiro atoms. The molecule has 0 bridgehead atoms. The molecule has 2 atom stereocenters. The van der Waals surface area contributed by atoms with Gasteiger partial charge in [0, 0.05) is 4.48 Å². The van der Waals surface area contributed by atoms with Crippen molar-refractivity contribution in [3.8, 4) is 0 Å². The Balaban J connectivity index is 2.24. The van der Waals surface area contributed by atoms with Gasteiger partial charge in [0.15, 0.2) is 5.79 Å². The standard InChI is InChI=1S/C9H11BrO2/c1-9(2)11-7-5-3-4-6(10)8(7)12-9/h3-5,7-8H,1-2H3/t7-,8-/m0/s1. The average molecular weight is 231 g/mol. The van der Waals surface area contributed by atoms with Crippen LogP contribution in [0.25, 0.3) is 0 Å². The lowest BCUT2D eigenvalue weighted by molar-refractivity contribution is -0.139. The first kappa shape index (κ1) is 8.48. The molecule has 0 unspecified atom stereocenters. The van der Waals surface area contributed by atoms with Crippen molar-refractivity contribution in [2.45, 2.75) is 31.8 Å². The van der Waals surface area contributed by atoms with Gasteiger partial charge in [-0.15, -0.1) is 0 Å². The summed E-state index contributed by atoms with van der Waals surface area (Å²) >= 11 is 3.45. The second kappa shape index (κ2) is 2.69. The van der Waals surface area contributed by atoms with Gasteiger partial charge in [0.25, 0.3) is 0 Å². The number of rotatable bonds is 0. The molecule has 1 aliphatic heterocycles. The highest BCUT2D eigenvalue weighted by molar-refractivity contribution is 9.11. The molecule has 2 nitrogen and oxygen atoms in total. The third kappa shape index (κ3) is 1.37. The van der Waals surface area contributed by atoms with Crippen LogP contribution in [0.15, 0.2) is 22.7 Å². The third-order valence-electron chi connectivity index (χ3n) is 1.96. The second-order valence-electron chi connectivity index (χ2n) is 3.46. The molecule has 1 aliphatic carbocycles. The second-order valence-corrected chi connectivity index (χ2v) is 4.37. The monoisotopic (exact) mass is 230 g/mol. The minimum Gasteiger partial charge on any atom is -0.340 e. The van der Waals surface area contributed by atoms with Gasteiger partial charge in [-0.2, -0.15) is 0 Å². The van der Waals surface area contributed by atoms with Gasteiger partial charge in [0.05, 0.1) is 0 Å². The molecule has 66 valence electrons. The van der Waals surface area contributed by atoms with Crippen LogP contribution in [0.1, 0.15) is 13.8 Å². The fourth-order valence-corrected chi connectivity index (χ4v) is 2.00. The van der Waals surface area contributed by atoms with E-state index in [1.807, 2.05) is 32.1 Å². The van der Waals surface area contributed by atoms with Crippen molar-refractivity contribution < 1.29 is 9.47 Å². The molecule has 0 radical (unpaired) electrons. The van der Waals surface area contributed by atoms with Gasteiger partial charge in [-0.3, -0.25) is 0 Å². The van der Waals surface area contributed by atoms with Gasteiger partial charge >= 0.3 is 0 Å². The molecule has 0 N–H and O–H groups in total. The Hall–Kier alpha value is -0.120. The molecule has 1 saturated heterocycles. The van der Waals surface area contributed by atoms with Crippen molar-refractivity contribution in [2.24, 2.45) is 0 Å². The zero-order valence-electron chi connectivity index (χ0n) is 7.08. The molecule has 1 fully saturated rings. The maximum atomic E-state index is 5.68. The number of hydrogen-bond donors (Lipinski definition) is 0. The number of hydrogen-bond acceptors (Lipinski definition) is 2. The van der Waals surface area contributed by atoms with Crippen molar-refractivity contribution in [1.82, 2.24) is 0 Å². The Labute approximate surface area is 80.4 Å². The molecule has 0 aromatic heterocycles. The average Bonchev–Trinajstić information content (AvgIpc) is 2.25. The quantitative estimate of drug-likeness (QED) is 0.637. The van der Waals surface area contributed by atoms with Crippen LogP contribution >= 0.6 is 15.9 Å². The van der Waals surface area contributed by atoms with Crippen molar-refractivity contribution >= 4 is 15.9 Å². The van der Waals surface area contributed by atoms with Gasteiger partial charge < -0.3 is 9.47 Å². The highest BCUT2D eigenvalue weighted by Gasteiger charge is 2.41. The van der Waals surface area contributed by atoms with Crippen LogP contribution in [0.3, 0.4) is 0 Å². The Kier molecular flexibility index (Phi) is 1.90. The summed E-state index contributed by atoms with van der Waals surface area (Å²) in [6.45, 7) is 3.86. The molecular weight excluding hydrogens is 220 g/mol. The van der Waals surface area contributed by atoms with Crippen LogP contribution in [-0.4, -0.2) is 18.0 Å². The SMILES string of the molecule is CC1(C)O[C@H]2C=CC=C(Br)[C@@H]2O1. The highest BCUT2D eigenvalue weighted by Crippen LogP contribution is 2.36. The van der Waals surface area contributed by atoms with E-state index in [4.69, 9.17) is 9.47 Å². The summed E-state index contributed by atoms with van der Waals surface area (Å²) in [5.41, 5.74) is 0. The largest absolute Gasteiger partial charge is 0.340 e. The summed E-state index contributed by atoms with van der Waals surface area (Å²) in [5, 5.41) is 0. The summed E-state index contributed by atoms with van der Waals surface area (Å²) < 4.78 is 12.4. The number of fused-ring (bicyclic) bond motifs is 1. The van der Waals surface area contributed by atoms with Gasteiger partial charge in [0.2, 0.25) is 0 Å². The smallest absolute Gasteiger partial charge is 0.164 e. The highest BCUT2D eigenvalue weighted by atomic mass is 79.9. The zero-order valence-corrected chi connectivity index (χ0v) is 8.67. The molecule has 1 heterocycles. The minimum absolute atomic E-state index is 0.0463. The van der Waals surface area contributed by atoms with E-state index in [0.717, 1.165) is 4.48 Å². The summed E-state index contributed by atoms with van der Waals surface area (Å²) in [6, 6.07) is 0. The number of halogens is 1. The van der Waals surface area contributed by atoms with Crippen LogP contribution in [0, 0.1) is 0 Å². The molecule has 0 amide bonds. The van der Waals surface area contributed by atoms with Crippen molar-refractivity contribution in [2.75, 3.05) is 0 Å². The molecule has 0 saturated carbocycles. The summed E-state index contributed by atoms with van der Waals surface area (Å²) in [4.78, 5) is 0. The van der Waals surface area contributed by atoms with E-state index in [1.54, 1.807) is 0 Å². The van der Waals surface area contributed by atoms with E-state index in [0.29, 0.717) is 0 Å². The van der Waals surface area contributed by atoms with Crippen LogP contribution in [0.2, 0.25) is 0 Å². The van der Waals surface area contributed by atoms with Gasteiger partial charge in [-0.1, -0.05) is 28.1 Å². The lowest BCUT2D eigenvalue weighted by Crippen LogP contribution is -2.22. The van der Waals surface area contributed by atoms with E-state index in [-0.39, 0.29) is 12.2 Å². The fraction of sp³-hybridized carbons (Fsp3) is 0.556. The van der Waals surface area contributed by atoms with Gasteiger partial charge in [-0.25, -0.2) is 0 Å². The Morgan fingerprint density at radius 1 is 1.42 bits per heavy atom. The first-order valence-electron chi connectivity index (χ1n) is 3.98. The topological polar surface area (TPSA) is 18.5 Å². The normalized spacial score (nSPS) is 37.8. The maximum Gasteiger partial charge on any atom is 0.164 e. The van der Waals surface area contributed by atoms with E-state index >= 15 is 0 Å². The maximum absolute atomic E-state index is 5.68. The minimum atomic E-state index is -0.461. The third-order valence-corrected chi connectivity index (χ3v) is 2.67. The number of ether oxygens (including phenoxy) is 2. The fourth-order valence-electron chi connectivity index (χ4n) is 1.50. The van der Waals surface area contributed by atoms with Crippen LogP contribution in [-0.2, 0) is 9.47 Å². The van der Waals surface area contributed by atoms with Gasteiger partial charge in [-0.05, 0) is 19.9 Å². The predicted molar refractivity (Wildman–Crippen MR) is 50.0 cm³/mol. The predicted octanol–water partition coefficient (Wildman–Crippen LogP) is 2.36. The molecule has 2 aliphatic rings. The van der Waals surface area contributed by atoms with Crippen LogP contribution in [0.5, 0.6) is 0 Å². The van der Waals surface area contributed by atoms with Crippen LogP contribution < -0.4 is 0 Å². The van der Waals surface area contributed by atoms with Crippen molar-refractivity contribution in [3.63, 3.8) is 0 Å². The first-order valence-corrected chi connectivity index (χ1v) is 4.77. The summed E-state index contributed by atoms with van der Waals surface area (Å²) in [5.74, 6) is -0.461. The van der Waals surface area contributed by atoms with E-state index in [2.05, 4.69) is 15.9 Å². The summed E-state index contributed by atoms with van der Waals surface area (Å²) in [6.07, 6.45) is 6.11. The molecular formula is C9H11BrO2. The van der Waals surface area contributed by atoms with E-state index < -0.39 is 5.79 Å². The lowest BCUT2D eigenvalue weighted by Gasteiger charge is -2.16. The van der Waals surface area contributed by atoms with E-state index in [1.165, 1.54) is 0 Å². The molecule has 0 aromatic rings. The molecule has 0 aromatic carbocycles. The van der Waals surface area contributed by atoms with Gasteiger partial charge in [0.1, 0.15) is 12.2 Å². The lowest BCUT2D eigenvalue weighted by atomic mass is 10.1. The Morgan fingerprint density at radius 2 is 2.17 bits per heavy atom. The van der Waals surface area contributed by atoms with Crippen molar-refractivity contribution in [3.05, 3.63) is 22.7 Å². The molecule has 12 heavy (non-hydrogen) atoms. The van der Waals surface area contributed by atoms with E-state index in [9.17, 15) is 0 Å². The Morgan fingerprint density at radius 3 is 2.83 bits per heavy atom. The molecule has 2 rings (SSSR count). The van der Waals surface area contributed by atoms with Crippen molar-refractivity contribution in [1.29, 1.82) is 0 Å². The first-order chi connectivity index (χ1) is 5.58. The van der Waals surface area contributed by atoms with Crippen LogP contribution in [0.4, 0.5) is 0 Å². The summed E-state index contributed by atoms with van der Waals surface area (Å²) in [7, 11) is 0. The zero-order chi connectivity index (χ0) is 8.77. The Bertz CT molecular complexity index is 255. The molecule has 3 heteroatoms. The number of allylic oxidation sites excluding steroid dienone is 2.